The lowest BCUT2D eigenvalue weighted by atomic mass is 10.1. The van der Waals surface area contributed by atoms with E-state index in [2.05, 4.69) is 10.3 Å². The van der Waals surface area contributed by atoms with Gasteiger partial charge in [0, 0.05) is 23.3 Å². The number of H-pyrrole nitrogens is 1. The zero-order valence-electron chi connectivity index (χ0n) is 11.9. The second-order valence-electron chi connectivity index (χ2n) is 5.48. The molecule has 2 N–H and O–H groups in total. The quantitative estimate of drug-likeness (QED) is 0.828. The average molecular weight is 286 g/mol. The summed E-state index contributed by atoms with van der Waals surface area (Å²) in [5.74, 6) is -0.0402. The Morgan fingerprint density at radius 3 is 2.90 bits per heavy atom. The second-order valence-corrected chi connectivity index (χ2v) is 5.48. The molecule has 5 nitrogen and oxygen atoms in total. The maximum Gasteiger partial charge on any atom is 0.307 e. The molecule has 1 aliphatic rings. The maximum atomic E-state index is 12.3. The highest BCUT2D eigenvalue weighted by atomic mass is 16.5. The second kappa shape index (κ2) is 5.60. The molecule has 1 atom stereocenters. The van der Waals surface area contributed by atoms with Gasteiger partial charge in [-0.05, 0) is 42.3 Å². The first-order valence-electron chi connectivity index (χ1n) is 7.12. The van der Waals surface area contributed by atoms with Crippen molar-refractivity contribution in [3.63, 3.8) is 0 Å². The summed E-state index contributed by atoms with van der Waals surface area (Å²) in [7, 11) is 1.37. The molecule has 5 heteroatoms. The summed E-state index contributed by atoms with van der Waals surface area (Å²) in [6, 6.07) is 7.36. The summed E-state index contributed by atoms with van der Waals surface area (Å²) in [5, 5.41) is 4.03. The van der Waals surface area contributed by atoms with E-state index >= 15 is 0 Å². The van der Waals surface area contributed by atoms with E-state index < -0.39 is 0 Å². The molecule has 1 amide bonds. The van der Waals surface area contributed by atoms with E-state index in [9.17, 15) is 9.59 Å². The maximum absolute atomic E-state index is 12.3. The zero-order valence-corrected chi connectivity index (χ0v) is 11.9. The number of amides is 1. The largest absolute Gasteiger partial charge is 0.469 e. The topological polar surface area (TPSA) is 71.2 Å². The highest BCUT2D eigenvalue weighted by molar-refractivity contribution is 5.98. The Kier molecular flexibility index (Phi) is 3.64. The van der Waals surface area contributed by atoms with Crippen molar-refractivity contribution in [2.75, 3.05) is 7.11 Å². The van der Waals surface area contributed by atoms with Crippen LogP contribution in [-0.4, -0.2) is 30.0 Å². The molecule has 0 spiro atoms. The molecule has 1 heterocycles. The van der Waals surface area contributed by atoms with Crippen LogP contribution in [0.15, 0.2) is 30.5 Å². The highest BCUT2D eigenvalue weighted by Crippen LogP contribution is 2.34. The van der Waals surface area contributed by atoms with Gasteiger partial charge < -0.3 is 15.0 Å². The lowest BCUT2D eigenvalue weighted by molar-refractivity contribution is -0.141. The number of methoxy groups -OCH3 is 1. The third kappa shape index (κ3) is 3.07. The zero-order chi connectivity index (χ0) is 14.8. The summed E-state index contributed by atoms with van der Waals surface area (Å²) in [6.07, 6.45) is 4.18. The molecular weight excluding hydrogens is 268 g/mol. The van der Waals surface area contributed by atoms with Gasteiger partial charge in [0.25, 0.3) is 5.91 Å². The summed E-state index contributed by atoms with van der Waals surface area (Å²) in [4.78, 5) is 26.9. The Hall–Kier alpha value is -2.30. The lowest BCUT2D eigenvalue weighted by Crippen LogP contribution is -2.38. The monoisotopic (exact) mass is 286 g/mol. The first-order valence-corrected chi connectivity index (χ1v) is 7.12. The van der Waals surface area contributed by atoms with Gasteiger partial charge in [-0.25, -0.2) is 0 Å². The van der Waals surface area contributed by atoms with Crippen LogP contribution in [0.3, 0.4) is 0 Å². The molecule has 1 aliphatic carbocycles. The molecule has 110 valence electrons. The number of aromatic amines is 1. The molecule has 1 unspecified atom stereocenters. The fraction of sp³-hybridized carbons (Fsp3) is 0.375. The van der Waals surface area contributed by atoms with Gasteiger partial charge >= 0.3 is 5.97 Å². The van der Waals surface area contributed by atoms with E-state index in [1.54, 1.807) is 6.07 Å². The van der Waals surface area contributed by atoms with E-state index in [1.807, 2.05) is 24.4 Å². The Bertz CT molecular complexity index is 673. The molecule has 0 radical (unpaired) electrons. The van der Waals surface area contributed by atoms with Crippen molar-refractivity contribution in [1.29, 1.82) is 0 Å². The number of esters is 1. The van der Waals surface area contributed by atoms with Gasteiger partial charge in [0.05, 0.1) is 13.5 Å². The van der Waals surface area contributed by atoms with Crippen LogP contribution in [0.2, 0.25) is 0 Å². The number of hydrogen-bond donors (Lipinski definition) is 2. The number of ether oxygens (including phenoxy) is 1. The molecule has 1 aromatic carbocycles. The smallest absolute Gasteiger partial charge is 0.307 e. The van der Waals surface area contributed by atoms with Gasteiger partial charge in [-0.2, -0.15) is 0 Å². The van der Waals surface area contributed by atoms with Crippen LogP contribution in [0.4, 0.5) is 0 Å². The summed E-state index contributed by atoms with van der Waals surface area (Å²) < 4.78 is 4.70. The minimum Gasteiger partial charge on any atom is -0.469 e. The van der Waals surface area contributed by atoms with E-state index in [0.717, 1.165) is 23.7 Å². The molecule has 1 aromatic heterocycles. The molecule has 2 aromatic rings. The number of carbonyl (C=O) groups excluding carboxylic acids is 2. The van der Waals surface area contributed by atoms with Crippen LogP contribution in [-0.2, 0) is 9.53 Å². The molecule has 1 fully saturated rings. The first kappa shape index (κ1) is 13.7. The molecule has 21 heavy (non-hydrogen) atoms. The van der Waals surface area contributed by atoms with Gasteiger partial charge in [-0.1, -0.05) is 6.07 Å². The Morgan fingerprint density at radius 2 is 2.19 bits per heavy atom. The third-order valence-electron chi connectivity index (χ3n) is 3.94. The first-order chi connectivity index (χ1) is 10.2. The Balaban J connectivity index is 1.72. The number of fused-ring (bicyclic) bond motifs is 1. The van der Waals surface area contributed by atoms with Gasteiger partial charge in [-0.15, -0.1) is 0 Å². The predicted octanol–water partition coefficient (Wildman–Crippen LogP) is 2.24. The number of rotatable bonds is 5. The van der Waals surface area contributed by atoms with E-state index in [4.69, 9.17) is 4.74 Å². The Labute approximate surface area is 122 Å². The molecular formula is C16H18N2O3. The van der Waals surface area contributed by atoms with Gasteiger partial charge in [-0.3, -0.25) is 9.59 Å². The normalized spacial score (nSPS) is 15.7. The average Bonchev–Trinajstić information content (AvgIpc) is 3.23. The van der Waals surface area contributed by atoms with Crippen molar-refractivity contribution in [2.45, 2.75) is 25.3 Å². The fourth-order valence-electron chi connectivity index (χ4n) is 2.54. The van der Waals surface area contributed by atoms with Crippen LogP contribution in [0, 0.1) is 5.92 Å². The SMILES string of the molecule is COC(=O)CC(NC(=O)c1ccc2cc[nH]c2c1)C1CC1. The summed E-state index contributed by atoms with van der Waals surface area (Å²) >= 11 is 0. The van der Waals surface area contributed by atoms with Crippen LogP contribution in [0.1, 0.15) is 29.6 Å². The van der Waals surface area contributed by atoms with Crippen LogP contribution in [0.5, 0.6) is 0 Å². The standard InChI is InChI=1S/C16H18N2O3/c1-21-15(19)9-14(10-2-3-10)18-16(20)12-5-4-11-6-7-17-13(11)8-12/h4-8,10,14,17H,2-3,9H2,1H3,(H,18,20). The number of benzene rings is 1. The van der Waals surface area contributed by atoms with Gasteiger partial charge in [0.2, 0.25) is 0 Å². The van der Waals surface area contributed by atoms with Crippen molar-refractivity contribution in [1.82, 2.24) is 10.3 Å². The van der Waals surface area contributed by atoms with Crippen molar-refractivity contribution in [3.8, 4) is 0 Å². The molecule has 0 aliphatic heterocycles. The molecule has 0 bridgehead atoms. The third-order valence-corrected chi connectivity index (χ3v) is 3.94. The number of carbonyl (C=O) groups is 2. The summed E-state index contributed by atoms with van der Waals surface area (Å²) in [5.41, 5.74) is 1.53. The highest BCUT2D eigenvalue weighted by Gasteiger charge is 2.34. The molecule has 1 saturated carbocycles. The van der Waals surface area contributed by atoms with Crippen LogP contribution >= 0.6 is 0 Å². The number of nitrogens with one attached hydrogen (secondary N) is 2. The molecule has 0 saturated heterocycles. The number of aromatic nitrogens is 1. The van der Waals surface area contributed by atoms with Crippen molar-refractivity contribution < 1.29 is 14.3 Å². The van der Waals surface area contributed by atoms with E-state index in [0.29, 0.717) is 11.5 Å². The van der Waals surface area contributed by atoms with E-state index in [-0.39, 0.29) is 24.3 Å². The number of hydrogen-bond acceptors (Lipinski definition) is 3. The Morgan fingerprint density at radius 1 is 1.38 bits per heavy atom. The fourth-order valence-corrected chi connectivity index (χ4v) is 2.54. The lowest BCUT2D eigenvalue weighted by Gasteiger charge is -2.17. The van der Waals surface area contributed by atoms with Crippen molar-refractivity contribution in [3.05, 3.63) is 36.0 Å². The van der Waals surface area contributed by atoms with Gasteiger partial charge in [0.1, 0.15) is 0 Å². The van der Waals surface area contributed by atoms with Crippen LogP contribution < -0.4 is 5.32 Å². The van der Waals surface area contributed by atoms with Crippen LogP contribution in [0.25, 0.3) is 10.9 Å². The van der Waals surface area contributed by atoms with Crippen molar-refractivity contribution >= 4 is 22.8 Å². The minimum absolute atomic E-state index is 0.135. The van der Waals surface area contributed by atoms with E-state index in [1.165, 1.54) is 7.11 Å². The minimum atomic E-state index is -0.285. The molecule has 3 rings (SSSR count). The predicted molar refractivity (Wildman–Crippen MR) is 78.9 cm³/mol. The summed E-state index contributed by atoms with van der Waals surface area (Å²) in [6.45, 7) is 0. The van der Waals surface area contributed by atoms with Gasteiger partial charge in [0.15, 0.2) is 0 Å². The van der Waals surface area contributed by atoms with Crippen molar-refractivity contribution in [2.24, 2.45) is 5.92 Å².